The molecule has 0 bridgehead atoms. The number of allylic oxidation sites excluding steroid dienone is 6. The molecule has 1 amide bonds. The second-order valence-corrected chi connectivity index (χ2v) is 14.1. The van der Waals surface area contributed by atoms with Gasteiger partial charge in [-0.25, -0.2) is 17.5 Å². The Hall–Kier alpha value is -1.41. The molecule has 4 aliphatic rings. The van der Waals surface area contributed by atoms with E-state index in [1.54, 1.807) is 6.08 Å². The Morgan fingerprint density at radius 3 is 2.57 bits per heavy atom. The number of alkyl halides is 1. The van der Waals surface area contributed by atoms with Crippen LogP contribution in [0.25, 0.3) is 0 Å². The van der Waals surface area contributed by atoms with Crippen molar-refractivity contribution < 1.29 is 17.6 Å². The van der Waals surface area contributed by atoms with Gasteiger partial charge in [-0.3, -0.25) is 9.69 Å². The number of rotatable bonds is 8. The van der Waals surface area contributed by atoms with Gasteiger partial charge in [0.05, 0.1) is 17.2 Å². The first kappa shape index (κ1) is 28.6. The predicted octanol–water partition coefficient (Wildman–Crippen LogP) is 6.14. The van der Waals surface area contributed by atoms with Crippen LogP contribution >= 0.6 is 23.2 Å². The number of nitrogens with zero attached hydrogens (tertiary/aromatic N) is 1. The molecule has 3 aliphatic carbocycles. The summed E-state index contributed by atoms with van der Waals surface area (Å²) in [7, 11) is -3.76. The van der Waals surface area contributed by atoms with Crippen molar-refractivity contribution in [2.45, 2.75) is 70.2 Å². The maximum absolute atomic E-state index is 14.8. The number of sulfonamides is 1. The third kappa shape index (κ3) is 7.37. The molecule has 1 heterocycles. The standard InChI is InChI=1S/C28H37Cl2FN2O3S/c1-18(20-8-9-24(29)25(30)15-20)33-13-11-28(2,12-14-33)10-4-5-21-16-26(31)23(17-22(21)19-6-7-19)27(34)32-37(3,35)36/h5,8,15-19,22,24H,4,6-7,9-14H2,1-3H3,(H,32,34)/b21-5+/t18-,22?,24?/m0/s1. The van der Waals surface area contributed by atoms with Crippen molar-refractivity contribution >= 4 is 39.1 Å². The van der Waals surface area contributed by atoms with Crippen LogP contribution in [0.5, 0.6) is 0 Å². The Kier molecular flexibility index (Phi) is 8.79. The molecule has 2 fully saturated rings. The van der Waals surface area contributed by atoms with Crippen LogP contribution in [0.3, 0.4) is 0 Å². The zero-order chi connectivity index (χ0) is 27.0. The summed E-state index contributed by atoms with van der Waals surface area (Å²) in [6, 6.07) is 0.306. The van der Waals surface area contributed by atoms with Crippen LogP contribution in [-0.4, -0.2) is 50.0 Å². The van der Waals surface area contributed by atoms with Gasteiger partial charge in [0, 0.05) is 17.0 Å². The van der Waals surface area contributed by atoms with Gasteiger partial charge in [-0.1, -0.05) is 36.8 Å². The number of nitrogens with one attached hydrogen (secondary N) is 1. The Morgan fingerprint density at radius 1 is 1.30 bits per heavy atom. The van der Waals surface area contributed by atoms with Crippen LogP contribution in [-0.2, 0) is 14.8 Å². The fourth-order valence-corrected chi connectivity index (χ4v) is 6.41. The largest absolute Gasteiger partial charge is 0.297 e. The number of hydrogen-bond acceptors (Lipinski definition) is 4. The van der Waals surface area contributed by atoms with Gasteiger partial charge in [-0.05, 0) is 99.6 Å². The molecule has 9 heteroatoms. The summed E-state index contributed by atoms with van der Waals surface area (Å²) in [4.78, 5) is 14.8. The quantitative estimate of drug-likeness (QED) is 0.356. The molecule has 4 rings (SSSR count). The number of likely N-dealkylation sites (tertiary alicyclic amines) is 1. The number of carbonyl (C=O) groups excluding carboxylic acids is 1. The van der Waals surface area contributed by atoms with E-state index in [0.717, 1.165) is 74.9 Å². The van der Waals surface area contributed by atoms with Gasteiger partial charge >= 0.3 is 0 Å². The Bertz CT molecular complexity index is 1180. The van der Waals surface area contributed by atoms with Gasteiger partial charge in [0.2, 0.25) is 10.0 Å². The normalized spacial score (nSPS) is 28.6. The lowest BCUT2D eigenvalue weighted by molar-refractivity contribution is -0.115. The first-order chi connectivity index (χ1) is 17.3. The Balaban J connectivity index is 1.34. The highest BCUT2D eigenvalue weighted by Crippen LogP contribution is 2.45. The van der Waals surface area contributed by atoms with E-state index in [9.17, 15) is 17.6 Å². The molecule has 1 saturated carbocycles. The average molecular weight is 572 g/mol. The molecule has 0 radical (unpaired) electrons. The van der Waals surface area contributed by atoms with Crippen molar-refractivity contribution in [1.29, 1.82) is 0 Å². The summed E-state index contributed by atoms with van der Waals surface area (Å²) >= 11 is 12.5. The zero-order valence-electron chi connectivity index (χ0n) is 21.8. The van der Waals surface area contributed by atoms with E-state index in [2.05, 4.69) is 30.9 Å². The van der Waals surface area contributed by atoms with Crippen molar-refractivity contribution in [3.63, 3.8) is 0 Å². The van der Waals surface area contributed by atoms with Gasteiger partial charge in [0.1, 0.15) is 5.83 Å². The van der Waals surface area contributed by atoms with E-state index < -0.39 is 21.8 Å². The maximum Gasteiger partial charge on any atom is 0.267 e. The number of amides is 1. The predicted molar refractivity (Wildman–Crippen MR) is 148 cm³/mol. The molecular formula is C28H37Cl2FN2O3S. The van der Waals surface area contributed by atoms with E-state index >= 15 is 0 Å². The van der Waals surface area contributed by atoms with E-state index in [4.69, 9.17) is 23.2 Å². The SMILES string of the molecule is C[C@@H](C1=CCC(Cl)C(Cl)=C1)N1CCC(C)(CC/C=C2\C=C(F)C(C(=O)NS(C)(=O)=O)=CC2C2CC2)CC1. The fourth-order valence-electron chi connectivity index (χ4n) is 5.59. The summed E-state index contributed by atoms with van der Waals surface area (Å²) < 4.78 is 39.6. The van der Waals surface area contributed by atoms with Gasteiger partial charge in [0.15, 0.2) is 0 Å². The van der Waals surface area contributed by atoms with Crippen molar-refractivity contribution in [3.05, 3.63) is 58.0 Å². The van der Waals surface area contributed by atoms with Gasteiger partial charge in [-0.15, -0.1) is 11.6 Å². The molecule has 2 unspecified atom stereocenters. The van der Waals surface area contributed by atoms with Crippen molar-refractivity contribution in [2.75, 3.05) is 19.3 Å². The topological polar surface area (TPSA) is 66.5 Å². The van der Waals surface area contributed by atoms with E-state index in [1.165, 1.54) is 11.6 Å². The second kappa shape index (κ2) is 11.4. The molecule has 0 aromatic rings. The molecule has 3 atom stereocenters. The summed E-state index contributed by atoms with van der Waals surface area (Å²) in [5, 5.41) is 0.603. The highest BCUT2D eigenvalue weighted by Gasteiger charge is 2.36. The second-order valence-electron chi connectivity index (χ2n) is 11.3. The number of halogens is 3. The summed E-state index contributed by atoms with van der Waals surface area (Å²) in [5.41, 5.74) is 2.17. The number of piperidine rings is 1. The van der Waals surface area contributed by atoms with Gasteiger partial charge in [-0.2, -0.15) is 0 Å². The van der Waals surface area contributed by atoms with Crippen LogP contribution in [0, 0.1) is 17.3 Å². The molecule has 1 N–H and O–H groups in total. The highest BCUT2D eigenvalue weighted by atomic mass is 35.5. The fraction of sp³-hybridized carbons (Fsp3) is 0.607. The molecule has 0 aromatic carbocycles. The monoisotopic (exact) mass is 570 g/mol. The molecule has 5 nitrogen and oxygen atoms in total. The van der Waals surface area contributed by atoms with Gasteiger partial charge in [0.25, 0.3) is 5.91 Å². The third-order valence-corrected chi connectivity index (χ3v) is 9.72. The first-order valence-electron chi connectivity index (χ1n) is 13.1. The van der Waals surface area contributed by atoms with E-state index in [0.29, 0.717) is 12.0 Å². The van der Waals surface area contributed by atoms with Crippen molar-refractivity contribution in [1.82, 2.24) is 9.62 Å². The van der Waals surface area contributed by atoms with Crippen molar-refractivity contribution in [3.8, 4) is 0 Å². The molecule has 0 spiro atoms. The first-order valence-corrected chi connectivity index (χ1v) is 15.8. The molecule has 0 aromatic heterocycles. The lowest BCUT2D eigenvalue weighted by atomic mass is 9.75. The lowest BCUT2D eigenvalue weighted by Gasteiger charge is -2.42. The Labute approximate surface area is 230 Å². The van der Waals surface area contributed by atoms with Crippen LogP contribution in [0.4, 0.5) is 4.39 Å². The van der Waals surface area contributed by atoms with E-state index in [1.807, 2.05) is 10.8 Å². The average Bonchev–Trinajstić information content (AvgIpc) is 3.65. The van der Waals surface area contributed by atoms with Crippen LogP contribution < -0.4 is 4.72 Å². The molecule has 37 heavy (non-hydrogen) atoms. The van der Waals surface area contributed by atoms with Gasteiger partial charge < -0.3 is 0 Å². The summed E-state index contributed by atoms with van der Waals surface area (Å²) in [5.74, 6) is -1.25. The molecule has 1 aliphatic heterocycles. The third-order valence-electron chi connectivity index (χ3n) is 8.26. The lowest BCUT2D eigenvalue weighted by Crippen LogP contribution is -2.44. The van der Waals surface area contributed by atoms with Crippen LogP contribution in [0.1, 0.15) is 58.8 Å². The molecular weight excluding hydrogens is 534 g/mol. The maximum atomic E-state index is 14.8. The summed E-state index contributed by atoms with van der Waals surface area (Å²) in [6.07, 6.45) is 17.1. The summed E-state index contributed by atoms with van der Waals surface area (Å²) in [6.45, 7) is 6.60. The number of carbonyl (C=O) groups is 1. The minimum Gasteiger partial charge on any atom is -0.297 e. The number of hydrogen-bond donors (Lipinski definition) is 1. The van der Waals surface area contributed by atoms with Crippen LogP contribution in [0.15, 0.2) is 58.0 Å². The minimum atomic E-state index is -3.76. The van der Waals surface area contributed by atoms with Crippen LogP contribution in [0.2, 0.25) is 0 Å². The highest BCUT2D eigenvalue weighted by molar-refractivity contribution is 7.89. The molecule has 1 saturated heterocycles. The van der Waals surface area contributed by atoms with Crippen molar-refractivity contribution in [2.24, 2.45) is 17.3 Å². The Morgan fingerprint density at radius 2 is 1.97 bits per heavy atom. The minimum absolute atomic E-state index is 0.0495. The zero-order valence-corrected chi connectivity index (χ0v) is 24.1. The molecule has 204 valence electrons. The smallest absolute Gasteiger partial charge is 0.267 e. The van der Waals surface area contributed by atoms with E-state index in [-0.39, 0.29) is 22.3 Å².